The number of aryl methyl sites for hydroxylation is 5. The minimum atomic E-state index is -0.00582. The average molecular weight is 408 g/mol. The van der Waals surface area contributed by atoms with Gasteiger partial charge in [-0.25, -0.2) is 4.98 Å². The number of likely N-dealkylation sites (N-methyl/N-ethyl adjacent to an activating group) is 1. The summed E-state index contributed by atoms with van der Waals surface area (Å²) in [6.45, 7) is 11.3. The fourth-order valence-corrected chi connectivity index (χ4v) is 4.57. The number of anilines is 1. The number of aromatic nitrogens is 1. The van der Waals surface area contributed by atoms with E-state index in [0.29, 0.717) is 13.1 Å². The fourth-order valence-electron chi connectivity index (χ4n) is 3.70. The number of nitrogens with zero attached hydrogens (tertiary/aromatic N) is 2. The van der Waals surface area contributed by atoms with Crippen molar-refractivity contribution in [2.24, 2.45) is 0 Å². The predicted molar refractivity (Wildman–Crippen MR) is 123 cm³/mol. The van der Waals surface area contributed by atoms with Crippen molar-refractivity contribution in [2.75, 3.05) is 18.9 Å². The summed E-state index contributed by atoms with van der Waals surface area (Å²) in [7, 11) is 1.95. The third kappa shape index (κ3) is 5.31. The molecular formula is C24H29N3OS. The molecule has 29 heavy (non-hydrogen) atoms. The van der Waals surface area contributed by atoms with Gasteiger partial charge in [0.2, 0.25) is 5.91 Å². The maximum atomic E-state index is 12.5. The standard InChI is InChI=1S/C24H29N3OS/c1-15-7-8-20(17(3)9-15)21-14-29-23(25-21)13-27(6)12-22(28)26-24-18(4)10-16(2)11-19(24)5/h7-11,14H,12-13H2,1-6H3,(H,26,28). The molecule has 0 saturated heterocycles. The van der Waals surface area contributed by atoms with Crippen LogP contribution in [-0.4, -0.2) is 29.4 Å². The van der Waals surface area contributed by atoms with Crippen LogP contribution in [0.3, 0.4) is 0 Å². The van der Waals surface area contributed by atoms with Crippen LogP contribution in [0.2, 0.25) is 0 Å². The molecule has 3 aromatic rings. The highest BCUT2D eigenvalue weighted by Crippen LogP contribution is 2.26. The second-order valence-electron chi connectivity index (χ2n) is 7.94. The molecule has 1 N–H and O–H groups in total. The first kappa shape index (κ1) is 21.2. The maximum Gasteiger partial charge on any atom is 0.238 e. The summed E-state index contributed by atoms with van der Waals surface area (Å²) in [6.07, 6.45) is 0. The van der Waals surface area contributed by atoms with E-state index < -0.39 is 0 Å². The van der Waals surface area contributed by atoms with Gasteiger partial charge in [0.15, 0.2) is 0 Å². The molecule has 0 atom stereocenters. The number of rotatable bonds is 6. The molecule has 0 aliphatic heterocycles. The topological polar surface area (TPSA) is 45.2 Å². The molecule has 4 nitrogen and oxygen atoms in total. The predicted octanol–water partition coefficient (Wildman–Crippen LogP) is 5.42. The molecule has 152 valence electrons. The number of hydrogen-bond acceptors (Lipinski definition) is 4. The first-order valence-electron chi connectivity index (χ1n) is 9.81. The van der Waals surface area contributed by atoms with Crippen LogP contribution in [-0.2, 0) is 11.3 Å². The molecule has 0 fully saturated rings. The summed E-state index contributed by atoms with van der Waals surface area (Å²) in [5, 5.41) is 6.18. The number of carbonyl (C=O) groups excluding carboxylic acids is 1. The monoisotopic (exact) mass is 407 g/mol. The van der Waals surface area contributed by atoms with Gasteiger partial charge in [0.1, 0.15) is 5.01 Å². The minimum Gasteiger partial charge on any atom is -0.324 e. The van der Waals surface area contributed by atoms with Crippen LogP contribution in [0, 0.1) is 34.6 Å². The number of amides is 1. The van der Waals surface area contributed by atoms with Gasteiger partial charge < -0.3 is 5.32 Å². The lowest BCUT2D eigenvalue weighted by Gasteiger charge is -2.17. The third-order valence-electron chi connectivity index (χ3n) is 4.97. The molecule has 5 heteroatoms. The number of benzene rings is 2. The van der Waals surface area contributed by atoms with Crippen molar-refractivity contribution in [3.63, 3.8) is 0 Å². The Bertz CT molecular complexity index is 1020. The summed E-state index contributed by atoms with van der Waals surface area (Å²) in [5.74, 6) is -0.00582. The van der Waals surface area contributed by atoms with Crippen molar-refractivity contribution in [1.29, 1.82) is 0 Å². The van der Waals surface area contributed by atoms with Crippen LogP contribution in [0.4, 0.5) is 5.69 Å². The first-order chi connectivity index (χ1) is 13.7. The third-order valence-corrected chi connectivity index (χ3v) is 5.80. The molecule has 0 unspecified atom stereocenters. The second kappa shape index (κ2) is 8.89. The van der Waals surface area contributed by atoms with Crippen molar-refractivity contribution >= 4 is 22.9 Å². The highest BCUT2D eigenvalue weighted by Gasteiger charge is 2.13. The average Bonchev–Trinajstić information content (AvgIpc) is 3.06. The van der Waals surface area contributed by atoms with E-state index in [2.05, 4.69) is 61.8 Å². The maximum absolute atomic E-state index is 12.5. The van der Waals surface area contributed by atoms with Crippen LogP contribution in [0.5, 0.6) is 0 Å². The molecule has 0 radical (unpaired) electrons. The van der Waals surface area contributed by atoms with Gasteiger partial charge in [-0.2, -0.15) is 0 Å². The Balaban J connectivity index is 1.62. The quantitative estimate of drug-likeness (QED) is 0.593. The molecule has 3 rings (SSSR count). The molecule has 2 aromatic carbocycles. The van der Waals surface area contributed by atoms with Crippen LogP contribution in [0.15, 0.2) is 35.7 Å². The van der Waals surface area contributed by atoms with Crippen LogP contribution >= 0.6 is 11.3 Å². The molecular weight excluding hydrogens is 378 g/mol. The Hall–Kier alpha value is -2.50. The van der Waals surface area contributed by atoms with Crippen molar-refractivity contribution in [2.45, 2.75) is 41.2 Å². The summed E-state index contributed by atoms with van der Waals surface area (Å²) in [4.78, 5) is 19.3. The number of carbonyl (C=O) groups is 1. The van der Waals surface area contributed by atoms with E-state index >= 15 is 0 Å². The van der Waals surface area contributed by atoms with E-state index in [-0.39, 0.29) is 5.91 Å². The normalized spacial score (nSPS) is 11.1. The molecule has 1 heterocycles. The van der Waals surface area contributed by atoms with Crippen molar-refractivity contribution in [1.82, 2.24) is 9.88 Å². The number of thiazole rings is 1. The molecule has 0 bridgehead atoms. The second-order valence-corrected chi connectivity index (χ2v) is 8.88. The van der Waals surface area contributed by atoms with Crippen molar-refractivity contribution in [3.05, 3.63) is 68.5 Å². The molecule has 0 saturated carbocycles. The summed E-state index contributed by atoms with van der Waals surface area (Å²) in [5.41, 5.74) is 8.98. The van der Waals surface area contributed by atoms with Gasteiger partial charge in [0.25, 0.3) is 0 Å². The van der Waals surface area contributed by atoms with Gasteiger partial charge in [0.05, 0.1) is 18.8 Å². The van der Waals surface area contributed by atoms with E-state index in [1.807, 2.05) is 25.8 Å². The molecule has 0 spiro atoms. The van der Waals surface area contributed by atoms with E-state index in [1.54, 1.807) is 11.3 Å². The van der Waals surface area contributed by atoms with Crippen molar-refractivity contribution < 1.29 is 4.79 Å². The Morgan fingerprint density at radius 2 is 1.66 bits per heavy atom. The Labute approximate surface area is 177 Å². The summed E-state index contributed by atoms with van der Waals surface area (Å²) < 4.78 is 0. The largest absolute Gasteiger partial charge is 0.324 e. The van der Waals surface area contributed by atoms with Gasteiger partial charge in [-0.3, -0.25) is 9.69 Å². The SMILES string of the molecule is Cc1ccc(-c2csc(CN(C)CC(=O)Nc3c(C)cc(C)cc3C)n2)c(C)c1. The summed E-state index contributed by atoms with van der Waals surface area (Å²) in [6, 6.07) is 10.6. The minimum absolute atomic E-state index is 0.00582. The Morgan fingerprint density at radius 3 is 2.31 bits per heavy atom. The summed E-state index contributed by atoms with van der Waals surface area (Å²) >= 11 is 1.64. The molecule has 0 aliphatic rings. The van der Waals surface area contributed by atoms with Gasteiger partial charge in [0, 0.05) is 16.6 Å². The zero-order valence-corrected chi connectivity index (χ0v) is 18.9. The first-order valence-corrected chi connectivity index (χ1v) is 10.7. The highest BCUT2D eigenvalue weighted by atomic mass is 32.1. The van der Waals surface area contributed by atoms with Crippen LogP contribution < -0.4 is 5.32 Å². The lowest BCUT2D eigenvalue weighted by Crippen LogP contribution is -2.30. The van der Waals surface area contributed by atoms with Crippen molar-refractivity contribution in [3.8, 4) is 11.3 Å². The van der Waals surface area contributed by atoms with E-state index in [1.165, 1.54) is 22.3 Å². The van der Waals surface area contributed by atoms with Gasteiger partial charge >= 0.3 is 0 Å². The molecule has 1 amide bonds. The van der Waals surface area contributed by atoms with Gasteiger partial charge in [-0.1, -0.05) is 41.5 Å². The van der Waals surface area contributed by atoms with Crippen LogP contribution in [0.25, 0.3) is 11.3 Å². The van der Waals surface area contributed by atoms with E-state index in [4.69, 9.17) is 4.98 Å². The van der Waals surface area contributed by atoms with E-state index in [9.17, 15) is 4.79 Å². The van der Waals surface area contributed by atoms with Gasteiger partial charge in [-0.05, 0) is 58.4 Å². The highest BCUT2D eigenvalue weighted by molar-refractivity contribution is 7.09. The van der Waals surface area contributed by atoms with E-state index in [0.717, 1.165) is 27.5 Å². The lowest BCUT2D eigenvalue weighted by atomic mass is 10.0. The zero-order chi connectivity index (χ0) is 21.1. The number of hydrogen-bond donors (Lipinski definition) is 1. The van der Waals surface area contributed by atoms with Crippen LogP contribution in [0.1, 0.15) is 32.8 Å². The fraction of sp³-hybridized carbons (Fsp3) is 0.333. The smallest absolute Gasteiger partial charge is 0.238 e. The lowest BCUT2D eigenvalue weighted by molar-refractivity contribution is -0.117. The molecule has 0 aliphatic carbocycles. The Kier molecular flexibility index (Phi) is 6.50. The number of nitrogens with one attached hydrogen (secondary N) is 1. The Morgan fingerprint density at radius 1 is 1.00 bits per heavy atom. The molecule has 1 aromatic heterocycles. The van der Waals surface area contributed by atoms with Gasteiger partial charge in [-0.15, -0.1) is 11.3 Å². The zero-order valence-electron chi connectivity index (χ0n) is 18.1.